The summed E-state index contributed by atoms with van der Waals surface area (Å²) < 4.78 is 47.1. The largest absolute Gasteiger partial charge is 0.573 e. The van der Waals surface area contributed by atoms with E-state index in [0.29, 0.717) is 27.4 Å². The molecule has 0 atom stereocenters. The summed E-state index contributed by atoms with van der Waals surface area (Å²) in [6.07, 6.45) is -4.77. The Hall–Kier alpha value is -4.09. The van der Waals surface area contributed by atoms with Crippen molar-refractivity contribution in [3.8, 4) is 40.2 Å². The molecule has 30 heavy (non-hydrogen) atoms. The number of nitrogens with one attached hydrogen (secondary N) is 1. The Morgan fingerprint density at radius 2 is 1.70 bits per heavy atom. The first-order valence-electron chi connectivity index (χ1n) is 8.19. The molecule has 2 aromatic heterocycles. The van der Waals surface area contributed by atoms with Crippen molar-refractivity contribution >= 4 is 21.6 Å². The van der Waals surface area contributed by atoms with Crippen molar-refractivity contribution in [1.82, 2.24) is 15.0 Å². The summed E-state index contributed by atoms with van der Waals surface area (Å²) in [5.74, 6) is 0.477. The molecular formula is C19H8F3N5O2S. The number of imidazole rings is 1. The van der Waals surface area contributed by atoms with Crippen molar-refractivity contribution in [3.05, 3.63) is 53.9 Å². The minimum Gasteiger partial charge on any atom is -0.431 e. The lowest BCUT2D eigenvalue weighted by Gasteiger charge is -2.07. The van der Waals surface area contributed by atoms with E-state index >= 15 is 0 Å². The highest BCUT2D eigenvalue weighted by atomic mass is 32.1. The fourth-order valence-electron chi connectivity index (χ4n) is 2.58. The molecule has 0 aliphatic heterocycles. The number of hydrogen-bond donors (Lipinski definition) is 1. The number of rotatable bonds is 4. The van der Waals surface area contributed by atoms with Crippen LogP contribution in [-0.2, 0) is 0 Å². The highest BCUT2D eigenvalue weighted by Crippen LogP contribution is 2.35. The second kappa shape index (κ2) is 7.39. The fraction of sp³-hybridized carbons (Fsp3) is 0.0526. The molecule has 0 aliphatic carbocycles. The molecule has 4 aromatic rings. The molecule has 0 radical (unpaired) electrons. The van der Waals surface area contributed by atoms with Crippen molar-refractivity contribution in [3.63, 3.8) is 0 Å². The van der Waals surface area contributed by atoms with Gasteiger partial charge in [0.1, 0.15) is 29.5 Å². The number of halogens is 3. The second-order valence-electron chi connectivity index (χ2n) is 5.82. The molecular weight excluding hydrogens is 419 g/mol. The summed E-state index contributed by atoms with van der Waals surface area (Å²) in [6, 6.07) is 14.2. The number of alkyl halides is 3. The molecule has 148 valence electrons. The summed E-state index contributed by atoms with van der Waals surface area (Å²) in [5, 5.41) is 18.2. The van der Waals surface area contributed by atoms with E-state index in [9.17, 15) is 13.2 Å². The van der Waals surface area contributed by atoms with Gasteiger partial charge in [0.05, 0.1) is 10.2 Å². The van der Waals surface area contributed by atoms with Gasteiger partial charge < -0.3 is 14.5 Å². The molecule has 0 fully saturated rings. The van der Waals surface area contributed by atoms with Crippen molar-refractivity contribution in [2.45, 2.75) is 6.36 Å². The van der Waals surface area contributed by atoms with Crippen LogP contribution in [0.15, 0.2) is 42.5 Å². The third-order valence-electron chi connectivity index (χ3n) is 3.83. The first-order chi connectivity index (χ1) is 14.3. The Morgan fingerprint density at radius 3 is 2.33 bits per heavy atom. The SMILES string of the molecule is N#Cc1nc(-c2ccc(Oc3nc4ccc(OC(F)(F)F)cc4s3)cc2)[nH]c1C#N. The average molecular weight is 427 g/mol. The van der Waals surface area contributed by atoms with Gasteiger partial charge in [-0.2, -0.15) is 10.5 Å². The van der Waals surface area contributed by atoms with Crippen LogP contribution in [0.1, 0.15) is 11.4 Å². The normalized spacial score (nSPS) is 11.1. The van der Waals surface area contributed by atoms with Crippen LogP contribution in [0.3, 0.4) is 0 Å². The molecule has 11 heteroatoms. The molecule has 0 bridgehead atoms. The Kier molecular flexibility index (Phi) is 4.74. The number of nitriles is 2. The van der Waals surface area contributed by atoms with E-state index in [1.807, 2.05) is 12.1 Å². The van der Waals surface area contributed by atoms with Gasteiger partial charge >= 0.3 is 6.36 Å². The van der Waals surface area contributed by atoms with Gasteiger partial charge in [0.2, 0.25) is 0 Å². The Labute approximate surface area is 170 Å². The Balaban J connectivity index is 1.53. The highest BCUT2D eigenvalue weighted by Gasteiger charge is 2.31. The molecule has 7 nitrogen and oxygen atoms in total. The van der Waals surface area contributed by atoms with Crippen LogP contribution in [-0.4, -0.2) is 21.3 Å². The summed E-state index contributed by atoms with van der Waals surface area (Å²) >= 11 is 1.07. The molecule has 0 amide bonds. The first kappa shape index (κ1) is 19.2. The number of hydrogen-bond acceptors (Lipinski definition) is 7. The maximum atomic E-state index is 12.4. The topological polar surface area (TPSA) is 108 Å². The molecule has 2 heterocycles. The van der Waals surface area contributed by atoms with Crippen LogP contribution >= 0.6 is 11.3 Å². The average Bonchev–Trinajstić information content (AvgIpc) is 3.30. The van der Waals surface area contributed by atoms with Crippen LogP contribution < -0.4 is 9.47 Å². The molecule has 1 N–H and O–H groups in total. The van der Waals surface area contributed by atoms with E-state index < -0.39 is 6.36 Å². The third kappa shape index (κ3) is 4.01. The molecule has 4 rings (SSSR count). The van der Waals surface area contributed by atoms with E-state index in [2.05, 4.69) is 19.7 Å². The van der Waals surface area contributed by atoms with Crippen molar-refractivity contribution in [1.29, 1.82) is 10.5 Å². The van der Waals surface area contributed by atoms with Crippen molar-refractivity contribution in [2.75, 3.05) is 0 Å². The Bertz CT molecular complexity index is 1280. The lowest BCUT2D eigenvalue weighted by Crippen LogP contribution is -2.16. The summed E-state index contributed by atoms with van der Waals surface area (Å²) in [4.78, 5) is 11.1. The maximum Gasteiger partial charge on any atom is 0.573 e. The molecule has 2 aromatic carbocycles. The number of ether oxygens (including phenoxy) is 2. The van der Waals surface area contributed by atoms with Gasteiger partial charge in [-0.1, -0.05) is 11.3 Å². The number of aromatic nitrogens is 3. The third-order valence-corrected chi connectivity index (χ3v) is 4.72. The van der Waals surface area contributed by atoms with Crippen LogP contribution in [0.2, 0.25) is 0 Å². The van der Waals surface area contributed by atoms with E-state index in [0.717, 1.165) is 11.3 Å². The van der Waals surface area contributed by atoms with Crippen LogP contribution in [0.4, 0.5) is 13.2 Å². The predicted octanol–water partition coefficient (Wildman–Crippen LogP) is 5.12. The molecule has 0 aliphatic rings. The van der Waals surface area contributed by atoms with Gasteiger partial charge in [0, 0.05) is 11.6 Å². The Morgan fingerprint density at radius 1 is 0.967 bits per heavy atom. The number of thiazole rings is 1. The zero-order valence-corrected chi connectivity index (χ0v) is 15.5. The molecule has 0 saturated heterocycles. The number of aromatic amines is 1. The van der Waals surface area contributed by atoms with E-state index in [1.165, 1.54) is 18.2 Å². The van der Waals surface area contributed by atoms with E-state index in [4.69, 9.17) is 15.3 Å². The monoisotopic (exact) mass is 427 g/mol. The zero-order valence-electron chi connectivity index (χ0n) is 14.7. The van der Waals surface area contributed by atoms with Crippen molar-refractivity contribution < 1.29 is 22.6 Å². The van der Waals surface area contributed by atoms with Gasteiger partial charge in [-0.3, -0.25) is 0 Å². The number of H-pyrrole nitrogens is 1. The lowest BCUT2D eigenvalue weighted by atomic mass is 10.2. The summed E-state index contributed by atoms with van der Waals surface area (Å²) in [7, 11) is 0. The highest BCUT2D eigenvalue weighted by molar-refractivity contribution is 7.20. The standard InChI is InChI=1S/C19H8F3N5O2S/c20-19(21,22)29-12-5-6-13-16(7-12)30-18(27-13)28-11-3-1-10(2-4-11)17-25-14(8-23)15(9-24)26-17/h1-7H,(H,25,26). The van der Waals surface area contributed by atoms with Gasteiger partial charge in [-0.25, -0.2) is 9.97 Å². The predicted molar refractivity (Wildman–Crippen MR) is 99.8 cm³/mol. The van der Waals surface area contributed by atoms with Gasteiger partial charge in [0.25, 0.3) is 5.19 Å². The molecule has 0 unspecified atom stereocenters. The van der Waals surface area contributed by atoms with E-state index in [1.54, 1.807) is 24.3 Å². The molecule has 0 spiro atoms. The minimum atomic E-state index is -4.77. The van der Waals surface area contributed by atoms with E-state index in [-0.39, 0.29) is 22.3 Å². The van der Waals surface area contributed by atoms with Gasteiger partial charge in [-0.05, 0) is 36.4 Å². The van der Waals surface area contributed by atoms with Crippen LogP contribution in [0.5, 0.6) is 16.7 Å². The van der Waals surface area contributed by atoms with Crippen LogP contribution in [0.25, 0.3) is 21.6 Å². The minimum absolute atomic E-state index is 0.0103. The summed E-state index contributed by atoms with van der Waals surface area (Å²) in [6.45, 7) is 0. The summed E-state index contributed by atoms with van der Waals surface area (Å²) in [5.41, 5.74) is 1.20. The van der Waals surface area contributed by atoms with Gasteiger partial charge in [0.15, 0.2) is 11.4 Å². The van der Waals surface area contributed by atoms with Crippen LogP contribution in [0, 0.1) is 22.7 Å². The number of nitrogens with zero attached hydrogens (tertiary/aromatic N) is 4. The fourth-order valence-corrected chi connectivity index (χ4v) is 3.44. The maximum absolute atomic E-state index is 12.4. The lowest BCUT2D eigenvalue weighted by molar-refractivity contribution is -0.274. The first-order valence-corrected chi connectivity index (χ1v) is 9.01. The number of fused-ring (bicyclic) bond motifs is 1. The van der Waals surface area contributed by atoms with Crippen molar-refractivity contribution in [2.24, 2.45) is 0 Å². The molecule has 0 saturated carbocycles. The number of benzene rings is 2. The quantitative estimate of drug-likeness (QED) is 0.484. The second-order valence-corrected chi connectivity index (χ2v) is 6.81. The smallest absolute Gasteiger partial charge is 0.431 e. The zero-order chi connectivity index (χ0) is 21.3. The van der Waals surface area contributed by atoms with Gasteiger partial charge in [-0.15, -0.1) is 13.2 Å².